The summed E-state index contributed by atoms with van der Waals surface area (Å²) in [7, 11) is 0. The summed E-state index contributed by atoms with van der Waals surface area (Å²) in [6.07, 6.45) is 4.08. The number of hydrogen-bond acceptors (Lipinski definition) is 3. The van der Waals surface area contributed by atoms with Gasteiger partial charge in [0.05, 0.1) is 6.61 Å². The number of ether oxygens (including phenoxy) is 1. The lowest BCUT2D eigenvalue weighted by Gasteiger charge is -2.14. The molecular formula is C21H24N2O2S. The summed E-state index contributed by atoms with van der Waals surface area (Å²) in [6, 6.07) is 13.6. The molecule has 0 saturated heterocycles. The first-order valence-electron chi connectivity index (χ1n) is 8.64. The highest BCUT2D eigenvalue weighted by Gasteiger charge is 2.07. The summed E-state index contributed by atoms with van der Waals surface area (Å²) >= 11 is 5.26. The van der Waals surface area contributed by atoms with Crippen molar-refractivity contribution < 1.29 is 9.53 Å². The van der Waals surface area contributed by atoms with Gasteiger partial charge in [0.25, 0.3) is 0 Å². The highest BCUT2D eigenvalue weighted by Crippen LogP contribution is 2.20. The minimum absolute atomic E-state index is 0.275. The second-order valence-corrected chi connectivity index (χ2v) is 6.15. The number of nitrogens with one attached hydrogen (secondary N) is 2. The van der Waals surface area contributed by atoms with Crippen molar-refractivity contribution in [1.29, 1.82) is 0 Å². The van der Waals surface area contributed by atoms with E-state index in [-0.39, 0.29) is 11.0 Å². The molecule has 0 atom stereocenters. The van der Waals surface area contributed by atoms with Gasteiger partial charge in [0, 0.05) is 11.8 Å². The predicted molar refractivity (Wildman–Crippen MR) is 112 cm³/mol. The van der Waals surface area contributed by atoms with Gasteiger partial charge in [-0.15, -0.1) is 0 Å². The number of amides is 1. The number of aryl methyl sites for hydroxylation is 2. The maximum absolute atomic E-state index is 12.1. The van der Waals surface area contributed by atoms with Gasteiger partial charge >= 0.3 is 0 Å². The van der Waals surface area contributed by atoms with Crippen molar-refractivity contribution in [3.63, 3.8) is 0 Å². The van der Waals surface area contributed by atoms with Crippen LogP contribution in [0.4, 0.5) is 5.69 Å². The zero-order valence-electron chi connectivity index (χ0n) is 15.3. The van der Waals surface area contributed by atoms with Gasteiger partial charge in [-0.1, -0.05) is 37.3 Å². The van der Waals surface area contributed by atoms with Crippen molar-refractivity contribution in [1.82, 2.24) is 5.32 Å². The van der Waals surface area contributed by atoms with E-state index in [1.54, 1.807) is 6.08 Å². The van der Waals surface area contributed by atoms with Crippen LogP contribution in [0.2, 0.25) is 0 Å². The Balaban J connectivity index is 1.94. The second kappa shape index (κ2) is 9.73. The molecule has 0 heterocycles. The fraction of sp³-hybridized carbons (Fsp3) is 0.238. The third kappa shape index (κ3) is 5.70. The molecule has 0 aliphatic carbocycles. The molecule has 2 aromatic carbocycles. The van der Waals surface area contributed by atoms with E-state index in [4.69, 9.17) is 17.0 Å². The smallest absolute Gasteiger partial charge is 0.250 e. The normalized spacial score (nSPS) is 10.6. The van der Waals surface area contributed by atoms with Gasteiger partial charge in [-0.2, -0.15) is 0 Å². The van der Waals surface area contributed by atoms with Crippen LogP contribution >= 0.6 is 12.2 Å². The highest BCUT2D eigenvalue weighted by molar-refractivity contribution is 7.80. The molecule has 0 aliphatic heterocycles. The molecule has 0 fully saturated rings. The molecule has 0 bridgehead atoms. The molecule has 2 rings (SSSR count). The number of thiocarbonyl (C=S) groups is 1. The topological polar surface area (TPSA) is 50.4 Å². The van der Waals surface area contributed by atoms with Crippen molar-refractivity contribution in [3.8, 4) is 5.75 Å². The van der Waals surface area contributed by atoms with Crippen molar-refractivity contribution in [2.45, 2.75) is 27.2 Å². The van der Waals surface area contributed by atoms with E-state index in [1.165, 1.54) is 6.08 Å². The van der Waals surface area contributed by atoms with Gasteiger partial charge in [0.1, 0.15) is 5.75 Å². The Morgan fingerprint density at radius 1 is 1.15 bits per heavy atom. The molecule has 4 nitrogen and oxygen atoms in total. The van der Waals surface area contributed by atoms with E-state index in [0.717, 1.165) is 34.5 Å². The van der Waals surface area contributed by atoms with Crippen LogP contribution in [0.1, 0.15) is 30.5 Å². The molecule has 0 saturated carbocycles. The highest BCUT2D eigenvalue weighted by atomic mass is 32.1. The van der Waals surface area contributed by atoms with Gasteiger partial charge in [0.15, 0.2) is 5.11 Å². The predicted octanol–water partition coefficient (Wildman–Crippen LogP) is 4.48. The summed E-state index contributed by atoms with van der Waals surface area (Å²) in [5.41, 5.74) is 4.11. The largest absolute Gasteiger partial charge is 0.494 e. The van der Waals surface area contributed by atoms with Crippen molar-refractivity contribution in [2.24, 2.45) is 0 Å². The standard InChI is InChI=1S/C21H24N2O2S/c1-4-17-8-6-7-15(3)20(17)23-21(26)22-19(24)14-11-16-9-12-18(13-10-16)25-5-2/h6-14H,4-5H2,1-3H3,(H2,22,23,24,26)/b14-11+. The SMILES string of the molecule is CCOc1ccc(/C=C/C(=O)NC(=S)Nc2c(C)cccc2CC)cc1. The zero-order chi connectivity index (χ0) is 18.9. The van der Waals surface area contributed by atoms with Crippen LogP contribution in [0.3, 0.4) is 0 Å². The van der Waals surface area contributed by atoms with Crippen LogP contribution < -0.4 is 15.4 Å². The lowest BCUT2D eigenvalue weighted by molar-refractivity contribution is -0.115. The summed E-state index contributed by atoms with van der Waals surface area (Å²) in [5.74, 6) is 0.535. The van der Waals surface area contributed by atoms with E-state index in [9.17, 15) is 4.79 Å². The van der Waals surface area contributed by atoms with E-state index in [2.05, 4.69) is 17.6 Å². The summed E-state index contributed by atoms with van der Waals surface area (Å²) in [6.45, 7) is 6.66. The van der Waals surface area contributed by atoms with Crippen LogP contribution in [-0.2, 0) is 11.2 Å². The summed E-state index contributed by atoms with van der Waals surface area (Å²) in [4.78, 5) is 12.1. The van der Waals surface area contributed by atoms with Crippen LogP contribution in [0.25, 0.3) is 6.08 Å². The fourth-order valence-corrected chi connectivity index (χ4v) is 2.72. The number of para-hydroxylation sites is 1. The average Bonchev–Trinajstić information content (AvgIpc) is 2.63. The Morgan fingerprint density at radius 2 is 1.88 bits per heavy atom. The number of benzene rings is 2. The minimum atomic E-state index is -0.275. The van der Waals surface area contributed by atoms with Crippen molar-refractivity contribution >= 4 is 35.0 Å². The number of carbonyl (C=O) groups is 1. The molecule has 2 N–H and O–H groups in total. The molecule has 0 aromatic heterocycles. The first-order chi connectivity index (χ1) is 12.5. The third-order valence-electron chi connectivity index (χ3n) is 3.83. The van der Waals surface area contributed by atoms with E-state index >= 15 is 0 Å². The van der Waals surface area contributed by atoms with Crippen LogP contribution in [-0.4, -0.2) is 17.6 Å². The van der Waals surface area contributed by atoms with Crippen LogP contribution in [0.15, 0.2) is 48.5 Å². The molecular weight excluding hydrogens is 344 g/mol. The lowest BCUT2D eigenvalue weighted by Crippen LogP contribution is -2.33. The first kappa shape index (κ1) is 19.7. The Bertz CT molecular complexity index is 798. The maximum atomic E-state index is 12.1. The third-order valence-corrected chi connectivity index (χ3v) is 4.04. The van der Waals surface area contributed by atoms with Gasteiger partial charge in [-0.25, -0.2) is 0 Å². The molecule has 136 valence electrons. The fourth-order valence-electron chi connectivity index (χ4n) is 2.51. The van der Waals surface area contributed by atoms with Gasteiger partial charge in [0.2, 0.25) is 5.91 Å². The monoisotopic (exact) mass is 368 g/mol. The minimum Gasteiger partial charge on any atom is -0.494 e. The second-order valence-electron chi connectivity index (χ2n) is 5.74. The Labute approximate surface area is 160 Å². The summed E-state index contributed by atoms with van der Waals surface area (Å²) in [5, 5.41) is 6.10. The number of rotatable bonds is 6. The number of hydrogen-bond donors (Lipinski definition) is 2. The van der Waals surface area contributed by atoms with Gasteiger partial charge in [-0.3, -0.25) is 10.1 Å². The molecule has 2 aromatic rings. The summed E-state index contributed by atoms with van der Waals surface area (Å²) < 4.78 is 5.40. The van der Waals surface area contributed by atoms with E-state index in [1.807, 2.05) is 56.3 Å². The molecule has 26 heavy (non-hydrogen) atoms. The van der Waals surface area contributed by atoms with E-state index in [0.29, 0.717) is 6.61 Å². The van der Waals surface area contributed by atoms with Crippen LogP contribution in [0, 0.1) is 6.92 Å². The quantitative estimate of drug-likeness (QED) is 0.583. The first-order valence-corrected chi connectivity index (χ1v) is 9.05. The number of carbonyl (C=O) groups excluding carboxylic acids is 1. The van der Waals surface area contributed by atoms with Gasteiger partial charge in [-0.05, 0) is 67.4 Å². The molecule has 0 spiro atoms. The van der Waals surface area contributed by atoms with Gasteiger partial charge < -0.3 is 10.1 Å². The van der Waals surface area contributed by atoms with Crippen molar-refractivity contribution in [3.05, 3.63) is 65.2 Å². The van der Waals surface area contributed by atoms with E-state index < -0.39 is 0 Å². The Kier molecular flexibility index (Phi) is 7.36. The average molecular weight is 369 g/mol. The molecule has 5 heteroatoms. The van der Waals surface area contributed by atoms with Crippen molar-refractivity contribution in [2.75, 3.05) is 11.9 Å². The molecule has 1 amide bonds. The van der Waals surface area contributed by atoms with Crippen LogP contribution in [0.5, 0.6) is 5.75 Å². The lowest BCUT2D eigenvalue weighted by atomic mass is 10.1. The molecule has 0 radical (unpaired) electrons. The Morgan fingerprint density at radius 3 is 2.54 bits per heavy atom. The number of anilines is 1. The molecule has 0 unspecified atom stereocenters. The zero-order valence-corrected chi connectivity index (χ0v) is 16.2. The maximum Gasteiger partial charge on any atom is 0.250 e. The molecule has 0 aliphatic rings. The Hall–Kier alpha value is -2.66.